The summed E-state index contributed by atoms with van der Waals surface area (Å²) in [5.74, 6) is -0.411. The van der Waals surface area contributed by atoms with Gasteiger partial charge >= 0.3 is 5.97 Å². The smallest absolute Gasteiger partial charge is 0.330 e. The number of ether oxygens (including phenoxy) is 1. The summed E-state index contributed by atoms with van der Waals surface area (Å²) in [6, 6.07) is 0.303. The molecular weight excluding hydrogens is 266 g/mol. The molecule has 1 N–H and O–H groups in total. The van der Waals surface area contributed by atoms with Crippen LogP contribution in [0.4, 0.5) is 0 Å². The van der Waals surface area contributed by atoms with Crippen LogP contribution in [0.25, 0.3) is 0 Å². The Kier molecular flexibility index (Phi) is 8.48. The molecule has 0 unspecified atom stereocenters. The van der Waals surface area contributed by atoms with Crippen molar-refractivity contribution in [3.05, 3.63) is 23.8 Å². The van der Waals surface area contributed by atoms with E-state index in [0.717, 1.165) is 25.7 Å². The van der Waals surface area contributed by atoms with Gasteiger partial charge < -0.3 is 10.1 Å². The Balaban J connectivity index is 2.33. The normalized spacial score (nSPS) is 17.0. The Morgan fingerprint density at radius 3 is 2.62 bits per heavy atom. The predicted octanol–water partition coefficient (Wildman–Crippen LogP) is 3.28. The molecule has 0 aromatic rings. The van der Waals surface area contributed by atoms with E-state index in [2.05, 4.69) is 5.32 Å². The van der Waals surface area contributed by atoms with E-state index in [1.54, 1.807) is 19.1 Å². The first-order valence-electron chi connectivity index (χ1n) is 7.96. The highest BCUT2D eigenvalue weighted by molar-refractivity contribution is 5.93. The van der Waals surface area contributed by atoms with E-state index in [-0.39, 0.29) is 11.9 Å². The quantitative estimate of drug-likeness (QED) is 0.339. The fraction of sp³-hybridized carbons (Fsp3) is 0.647. The zero-order valence-corrected chi connectivity index (χ0v) is 13.2. The highest BCUT2D eigenvalue weighted by Gasteiger charge is 2.15. The van der Waals surface area contributed by atoms with Gasteiger partial charge in [0.2, 0.25) is 5.91 Å². The average Bonchev–Trinajstić information content (AvgIpc) is 2.48. The Hall–Kier alpha value is -1.58. The van der Waals surface area contributed by atoms with Crippen LogP contribution in [0.3, 0.4) is 0 Å². The van der Waals surface area contributed by atoms with Crippen LogP contribution in [0.1, 0.15) is 58.8 Å². The third kappa shape index (κ3) is 7.69. The summed E-state index contributed by atoms with van der Waals surface area (Å²) in [6.07, 6.45) is 12.2. The van der Waals surface area contributed by atoms with Crippen LogP contribution < -0.4 is 5.32 Å². The Labute approximate surface area is 127 Å². The summed E-state index contributed by atoms with van der Waals surface area (Å²) < 4.78 is 4.99. The standard InChI is InChI=1S/C17H27NO3/c1-3-4-13-21-16(19)12-8-9-14(2)17(20)18-15-10-6-5-7-11-15/h8-9,12,15H,3-7,10-11,13H2,1-2H3,(H,18,20)/b12-8+,14-9-. The van der Waals surface area contributed by atoms with Gasteiger partial charge in [0.1, 0.15) is 0 Å². The topological polar surface area (TPSA) is 55.4 Å². The SMILES string of the molecule is CCCCOC(=O)/C=C/C=C(/C)C(=O)NC1CCCCC1. The number of esters is 1. The molecule has 1 rings (SSSR count). The third-order valence-corrected chi connectivity index (χ3v) is 3.62. The predicted molar refractivity (Wildman–Crippen MR) is 83.8 cm³/mol. The van der Waals surface area contributed by atoms with Crippen LogP contribution in [-0.4, -0.2) is 24.5 Å². The number of carbonyl (C=O) groups excluding carboxylic acids is 2. The van der Waals surface area contributed by atoms with Gasteiger partial charge in [0.25, 0.3) is 0 Å². The molecule has 118 valence electrons. The van der Waals surface area contributed by atoms with Crippen LogP contribution in [0.2, 0.25) is 0 Å². The minimum atomic E-state index is -0.361. The lowest BCUT2D eigenvalue weighted by Gasteiger charge is -2.22. The monoisotopic (exact) mass is 293 g/mol. The molecule has 0 heterocycles. The summed E-state index contributed by atoms with van der Waals surface area (Å²) in [6.45, 7) is 4.25. The van der Waals surface area contributed by atoms with Crippen LogP contribution in [0.5, 0.6) is 0 Å². The third-order valence-electron chi connectivity index (χ3n) is 3.62. The Morgan fingerprint density at radius 2 is 1.95 bits per heavy atom. The summed E-state index contributed by atoms with van der Waals surface area (Å²) in [5, 5.41) is 3.04. The van der Waals surface area contributed by atoms with Crippen LogP contribution in [-0.2, 0) is 14.3 Å². The zero-order valence-electron chi connectivity index (χ0n) is 13.2. The molecule has 1 saturated carbocycles. The number of rotatable bonds is 7. The maximum atomic E-state index is 12.0. The number of unbranched alkanes of at least 4 members (excludes halogenated alkanes) is 1. The molecular formula is C17H27NO3. The van der Waals surface area contributed by atoms with Gasteiger partial charge in [-0.2, -0.15) is 0 Å². The first-order chi connectivity index (χ1) is 10.1. The van der Waals surface area contributed by atoms with E-state index in [1.807, 2.05) is 6.92 Å². The average molecular weight is 293 g/mol. The van der Waals surface area contributed by atoms with Crippen molar-refractivity contribution in [2.24, 2.45) is 0 Å². The van der Waals surface area contributed by atoms with Gasteiger partial charge in [-0.05, 0) is 26.2 Å². The minimum absolute atomic E-state index is 0.0501. The van der Waals surface area contributed by atoms with Crippen molar-refractivity contribution in [3.8, 4) is 0 Å². The van der Waals surface area contributed by atoms with Crippen molar-refractivity contribution >= 4 is 11.9 Å². The van der Waals surface area contributed by atoms with Gasteiger partial charge in [-0.3, -0.25) is 4.79 Å². The number of hydrogen-bond donors (Lipinski definition) is 1. The second-order valence-corrected chi connectivity index (χ2v) is 5.54. The van der Waals surface area contributed by atoms with Crippen molar-refractivity contribution in [1.29, 1.82) is 0 Å². The van der Waals surface area contributed by atoms with E-state index in [9.17, 15) is 9.59 Å². The van der Waals surface area contributed by atoms with E-state index in [0.29, 0.717) is 18.2 Å². The van der Waals surface area contributed by atoms with Gasteiger partial charge in [-0.15, -0.1) is 0 Å². The molecule has 1 aliphatic rings. The summed E-state index contributed by atoms with van der Waals surface area (Å²) in [4.78, 5) is 23.3. The molecule has 0 radical (unpaired) electrons. The number of nitrogens with one attached hydrogen (secondary N) is 1. The second-order valence-electron chi connectivity index (χ2n) is 5.54. The maximum Gasteiger partial charge on any atom is 0.330 e. The molecule has 0 aliphatic heterocycles. The largest absolute Gasteiger partial charge is 0.463 e. The van der Waals surface area contributed by atoms with Gasteiger partial charge in [0.15, 0.2) is 0 Å². The summed E-state index contributed by atoms with van der Waals surface area (Å²) in [5.41, 5.74) is 0.609. The Bertz CT molecular complexity index is 393. The second kappa shape index (κ2) is 10.2. The Morgan fingerprint density at radius 1 is 1.24 bits per heavy atom. The van der Waals surface area contributed by atoms with Gasteiger partial charge in [-0.25, -0.2) is 4.79 Å². The summed E-state index contributed by atoms with van der Waals surface area (Å²) >= 11 is 0. The van der Waals surface area contributed by atoms with Gasteiger partial charge in [0, 0.05) is 17.7 Å². The fourth-order valence-electron chi connectivity index (χ4n) is 2.26. The lowest BCUT2D eigenvalue weighted by atomic mass is 9.95. The number of hydrogen-bond acceptors (Lipinski definition) is 3. The highest BCUT2D eigenvalue weighted by atomic mass is 16.5. The van der Waals surface area contributed by atoms with E-state index >= 15 is 0 Å². The first kappa shape index (κ1) is 17.5. The summed E-state index contributed by atoms with van der Waals surface area (Å²) in [7, 11) is 0. The van der Waals surface area contributed by atoms with E-state index in [4.69, 9.17) is 4.74 Å². The molecule has 4 nitrogen and oxygen atoms in total. The molecule has 0 bridgehead atoms. The molecule has 1 aliphatic carbocycles. The molecule has 0 aromatic carbocycles. The lowest BCUT2D eigenvalue weighted by molar-refractivity contribution is -0.137. The lowest BCUT2D eigenvalue weighted by Crippen LogP contribution is -2.36. The molecule has 0 atom stereocenters. The number of amides is 1. The molecule has 1 fully saturated rings. The number of allylic oxidation sites excluding steroid dienone is 2. The van der Waals surface area contributed by atoms with E-state index < -0.39 is 0 Å². The molecule has 0 saturated heterocycles. The van der Waals surface area contributed by atoms with E-state index in [1.165, 1.54) is 25.3 Å². The van der Waals surface area contributed by atoms with Gasteiger partial charge in [-0.1, -0.05) is 44.8 Å². The first-order valence-corrected chi connectivity index (χ1v) is 7.96. The molecule has 0 spiro atoms. The van der Waals surface area contributed by atoms with Crippen LogP contribution in [0.15, 0.2) is 23.8 Å². The number of carbonyl (C=O) groups is 2. The maximum absolute atomic E-state index is 12.0. The van der Waals surface area contributed by atoms with Crippen molar-refractivity contribution in [1.82, 2.24) is 5.32 Å². The van der Waals surface area contributed by atoms with Crippen LogP contribution in [0, 0.1) is 0 Å². The van der Waals surface area contributed by atoms with Crippen molar-refractivity contribution < 1.29 is 14.3 Å². The molecule has 0 aromatic heterocycles. The molecule has 4 heteroatoms. The fourth-order valence-corrected chi connectivity index (χ4v) is 2.26. The van der Waals surface area contributed by atoms with Crippen molar-refractivity contribution in [2.75, 3.05) is 6.61 Å². The van der Waals surface area contributed by atoms with Crippen molar-refractivity contribution in [2.45, 2.75) is 64.8 Å². The van der Waals surface area contributed by atoms with Gasteiger partial charge in [0.05, 0.1) is 6.61 Å². The van der Waals surface area contributed by atoms with Crippen molar-refractivity contribution in [3.63, 3.8) is 0 Å². The molecule has 21 heavy (non-hydrogen) atoms. The van der Waals surface area contributed by atoms with Crippen LogP contribution >= 0.6 is 0 Å². The molecule has 1 amide bonds. The minimum Gasteiger partial charge on any atom is -0.463 e. The highest BCUT2D eigenvalue weighted by Crippen LogP contribution is 2.17. The zero-order chi connectivity index (χ0) is 15.5.